The second-order valence-corrected chi connectivity index (χ2v) is 9.44. The molecule has 3 aliphatic heterocycles. The summed E-state index contributed by atoms with van der Waals surface area (Å²) < 4.78 is 5.51. The highest BCUT2D eigenvalue weighted by molar-refractivity contribution is 5.80. The number of hydrogen-bond donors (Lipinski definition) is 0. The van der Waals surface area contributed by atoms with Crippen LogP contribution in [0.1, 0.15) is 52.4 Å². The molecule has 1 spiro atoms. The van der Waals surface area contributed by atoms with Gasteiger partial charge >= 0.3 is 0 Å². The number of nitrogens with zero attached hydrogens (tertiary/aromatic N) is 3. The van der Waals surface area contributed by atoms with E-state index in [2.05, 4.69) is 28.5 Å². The van der Waals surface area contributed by atoms with E-state index >= 15 is 0 Å². The van der Waals surface area contributed by atoms with Crippen molar-refractivity contribution in [1.82, 2.24) is 14.7 Å². The van der Waals surface area contributed by atoms with Gasteiger partial charge in [0.2, 0.25) is 5.91 Å². The molecule has 1 amide bonds. The Hall–Kier alpha value is -0.650. The van der Waals surface area contributed by atoms with E-state index in [1.807, 2.05) is 0 Å². The van der Waals surface area contributed by atoms with Gasteiger partial charge in [0.25, 0.3) is 0 Å². The first kappa shape index (κ1) is 18.7. The summed E-state index contributed by atoms with van der Waals surface area (Å²) in [7, 11) is 0. The topological polar surface area (TPSA) is 36.0 Å². The largest absolute Gasteiger partial charge is 0.381 e. The van der Waals surface area contributed by atoms with E-state index in [9.17, 15) is 4.79 Å². The van der Waals surface area contributed by atoms with Crippen molar-refractivity contribution in [3.63, 3.8) is 0 Å². The lowest BCUT2D eigenvalue weighted by atomic mass is 9.57. The molecular weight excluding hydrogens is 326 g/mol. The maximum absolute atomic E-state index is 12.9. The molecule has 1 aliphatic carbocycles. The van der Waals surface area contributed by atoms with Crippen LogP contribution in [0.15, 0.2) is 0 Å². The fourth-order valence-corrected chi connectivity index (χ4v) is 5.70. The summed E-state index contributed by atoms with van der Waals surface area (Å²) in [5.74, 6) is 0.765. The molecule has 1 saturated carbocycles. The molecule has 4 aliphatic rings. The number of piperidine rings is 1. The van der Waals surface area contributed by atoms with Crippen molar-refractivity contribution in [2.24, 2.45) is 11.3 Å². The summed E-state index contributed by atoms with van der Waals surface area (Å²) in [6, 6.07) is 1.34. The number of ether oxygens (including phenoxy) is 1. The van der Waals surface area contributed by atoms with Crippen molar-refractivity contribution < 1.29 is 9.53 Å². The van der Waals surface area contributed by atoms with Gasteiger partial charge in [0.15, 0.2) is 0 Å². The van der Waals surface area contributed by atoms with E-state index in [4.69, 9.17) is 4.74 Å². The van der Waals surface area contributed by atoms with Crippen molar-refractivity contribution in [1.29, 1.82) is 0 Å². The molecule has 5 heteroatoms. The van der Waals surface area contributed by atoms with Crippen LogP contribution in [0.25, 0.3) is 0 Å². The number of hydrogen-bond acceptors (Lipinski definition) is 4. The first-order valence-corrected chi connectivity index (χ1v) is 10.9. The van der Waals surface area contributed by atoms with Gasteiger partial charge < -0.3 is 14.5 Å². The molecule has 3 heterocycles. The van der Waals surface area contributed by atoms with Crippen LogP contribution in [-0.4, -0.2) is 85.2 Å². The Morgan fingerprint density at radius 2 is 1.58 bits per heavy atom. The lowest BCUT2D eigenvalue weighted by Crippen LogP contribution is -2.56. The highest BCUT2D eigenvalue weighted by Crippen LogP contribution is 2.53. The van der Waals surface area contributed by atoms with E-state index in [0.29, 0.717) is 23.3 Å². The number of piperazine rings is 1. The van der Waals surface area contributed by atoms with E-state index in [-0.39, 0.29) is 0 Å². The molecule has 0 aromatic rings. The highest BCUT2D eigenvalue weighted by atomic mass is 16.5. The maximum atomic E-state index is 12.9. The minimum absolute atomic E-state index is 0.315. The van der Waals surface area contributed by atoms with Crippen LogP contribution < -0.4 is 0 Å². The van der Waals surface area contributed by atoms with Crippen molar-refractivity contribution >= 4 is 5.91 Å². The Bertz CT molecular complexity index is 479. The third-order valence-corrected chi connectivity index (χ3v) is 7.63. The van der Waals surface area contributed by atoms with Crippen LogP contribution in [0.4, 0.5) is 0 Å². The SMILES string of the molecule is CC(C)N1CCN(C(=O)C2CC3(CCN(C4CCOCC4)CC3)C2)CC1. The van der Waals surface area contributed by atoms with Crippen LogP contribution in [-0.2, 0) is 9.53 Å². The molecule has 3 saturated heterocycles. The van der Waals surface area contributed by atoms with Crippen molar-refractivity contribution in [2.45, 2.75) is 64.5 Å². The zero-order valence-corrected chi connectivity index (χ0v) is 16.8. The van der Waals surface area contributed by atoms with E-state index in [0.717, 1.165) is 58.3 Å². The maximum Gasteiger partial charge on any atom is 0.225 e. The molecule has 148 valence electrons. The summed E-state index contributed by atoms with van der Waals surface area (Å²) in [6.45, 7) is 12.8. The van der Waals surface area contributed by atoms with Gasteiger partial charge in [-0.05, 0) is 70.9 Å². The molecule has 0 aromatic carbocycles. The van der Waals surface area contributed by atoms with Gasteiger partial charge in [-0.15, -0.1) is 0 Å². The average Bonchev–Trinajstić information content (AvgIpc) is 2.66. The zero-order chi connectivity index (χ0) is 18.1. The van der Waals surface area contributed by atoms with Gasteiger partial charge in [-0.2, -0.15) is 0 Å². The summed E-state index contributed by atoms with van der Waals surface area (Å²) in [4.78, 5) is 20.2. The third kappa shape index (κ3) is 3.81. The van der Waals surface area contributed by atoms with Gasteiger partial charge in [0.1, 0.15) is 0 Å². The minimum Gasteiger partial charge on any atom is -0.381 e. The Balaban J connectivity index is 1.21. The van der Waals surface area contributed by atoms with Crippen LogP contribution in [0.5, 0.6) is 0 Å². The van der Waals surface area contributed by atoms with Crippen LogP contribution >= 0.6 is 0 Å². The number of carbonyl (C=O) groups excluding carboxylic acids is 1. The summed E-state index contributed by atoms with van der Waals surface area (Å²) in [6.07, 6.45) is 7.31. The molecule has 0 N–H and O–H groups in total. The van der Waals surface area contributed by atoms with Crippen molar-refractivity contribution in [2.75, 3.05) is 52.5 Å². The molecular formula is C21H37N3O2. The molecule has 0 atom stereocenters. The van der Waals surface area contributed by atoms with Crippen molar-refractivity contribution in [3.05, 3.63) is 0 Å². The summed E-state index contributed by atoms with van der Waals surface area (Å²) in [5, 5.41) is 0. The standard InChI is InChI=1S/C21H37N3O2/c1-17(2)22-9-11-24(12-10-22)20(25)18-15-21(16-18)5-7-23(8-6-21)19-3-13-26-14-4-19/h17-19H,3-16H2,1-2H3. The van der Waals surface area contributed by atoms with Crippen LogP contribution in [0.3, 0.4) is 0 Å². The van der Waals surface area contributed by atoms with E-state index in [1.165, 1.54) is 38.8 Å². The van der Waals surface area contributed by atoms with Crippen LogP contribution in [0, 0.1) is 11.3 Å². The van der Waals surface area contributed by atoms with E-state index < -0.39 is 0 Å². The predicted molar refractivity (Wildman–Crippen MR) is 103 cm³/mol. The molecule has 5 nitrogen and oxygen atoms in total. The molecule has 0 radical (unpaired) electrons. The smallest absolute Gasteiger partial charge is 0.225 e. The Morgan fingerprint density at radius 3 is 2.15 bits per heavy atom. The van der Waals surface area contributed by atoms with E-state index in [1.54, 1.807) is 0 Å². The summed E-state index contributed by atoms with van der Waals surface area (Å²) in [5.41, 5.74) is 0.488. The lowest BCUT2D eigenvalue weighted by Gasteiger charge is -2.54. The Kier molecular flexibility index (Phi) is 5.58. The van der Waals surface area contributed by atoms with Gasteiger partial charge in [0, 0.05) is 57.4 Å². The molecule has 0 aromatic heterocycles. The van der Waals surface area contributed by atoms with Gasteiger partial charge in [-0.25, -0.2) is 0 Å². The first-order chi connectivity index (χ1) is 12.6. The van der Waals surface area contributed by atoms with Crippen LogP contribution in [0.2, 0.25) is 0 Å². The highest BCUT2D eigenvalue weighted by Gasteiger charge is 2.49. The second kappa shape index (κ2) is 7.76. The fraction of sp³-hybridized carbons (Fsp3) is 0.952. The zero-order valence-electron chi connectivity index (χ0n) is 16.8. The average molecular weight is 364 g/mol. The summed E-state index contributed by atoms with van der Waals surface area (Å²) >= 11 is 0. The van der Waals surface area contributed by atoms with Gasteiger partial charge in [0.05, 0.1) is 0 Å². The quantitative estimate of drug-likeness (QED) is 0.770. The number of rotatable bonds is 3. The lowest BCUT2D eigenvalue weighted by molar-refractivity contribution is -0.148. The number of likely N-dealkylation sites (tertiary alicyclic amines) is 1. The predicted octanol–water partition coefficient (Wildman–Crippen LogP) is 2.21. The Morgan fingerprint density at radius 1 is 0.962 bits per heavy atom. The minimum atomic E-state index is 0.315. The second-order valence-electron chi connectivity index (χ2n) is 9.44. The molecule has 26 heavy (non-hydrogen) atoms. The molecule has 0 bridgehead atoms. The molecule has 0 unspecified atom stereocenters. The first-order valence-electron chi connectivity index (χ1n) is 10.9. The monoisotopic (exact) mass is 363 g/mol. The van der Waals surface area contributed by atoms with Gasteiger partial charge in [-0.3, -0.25) is 9.69 Å². The fourth-order valence-electron chi connectivity index (χ4n) is 5.70. The Labute approximate surface area is 159 Å². The third-order valence-electron chi connectivity index (χ3n) is 7.63. The van der Waals surface area contributed by atoms with Crippen molar-refractivity contribution in [3.8, 4) is 0 Å². The number of carbonyl (C=O) groups is 1. The van der Waals surface area contributed by atoms with Gasteiger partial charge in [-0.1, -0.05) is 0 Å². The normalized spacial score (nSPS) is 29.3. The molecule has 4 rings (SSSR count). The number of amides is 1. The molecule has 4 fully saturated rings.